The average Bonchev–Trinajstić information content (AvgIpc) is 3.40. The van der Waals surface area contributed by atoms with Crippen LogP contribution < -0.4 is 10.6 Å². The van der Waals surface area contributed by atoms with E-state index in [9.17, 15) is 4.79 Å². The molecule has 3 heterocycles. The molecule has 4 rings (SSSR count). The number of para-hydroxylation sites is 2. The first-order valence-corrected chi connectivity index (χ1v) is 9.17. The van der Waals surface area contributed by atoms with Crippen LogP contribution in [0.15, 0.2) is 67.4 Å². The van der Waals surface area contributed by atoms with Crippen LogP contribution in [0, 0.1) is 0 Å². The van der Waals surface area contributed by atoms with Crippen LogP contribution in [-0.2, 0) is 13.1 Å². The number of nitrogens with zero attached hydrogens (tertiary/aromatic N) is 5. The van der Waals surface area contributed by atoms with Gasteiger partial charge in [-0.25, -0.2) is 19.4 Å². The fraction of sp³-hybridized carbons (Fsp3) is 0.200. The maximum atomic E-state index is 12.1. The van der Waals surface area contributed by atoms with Crippen molar-refractivity contribution < 1.29 is 4.79 Å². The first-order valence-electron chi connectivity index (χ1n) is 9.17. The van der Waals surface area contributed by atoms with Gasteiger partial charge in [0.15, 0.2) is 5.82 Å². The van der Waals surface area contributed by atoms with Crippen LogP contribution in [0.5, 0.6) is 0 Å². The molecule has 8 heteroatoms. The van der Waals surface area contributed by atoms with Crippen molar-refractivity contribution in [3.05, 3.63) is 72.9 Å². The molecular weight excluding hydrogens is 354 g/mol. The third kappa shape index (κ3) is 4.01. The van der Waals surface area contributed by atoms with Gasteiger partial charge in [-0.05, 0) is 30.7 Å². The van der Waals surface area contributed by atoms with E-state index in [0.29, 0.717) is 18.9 Å². The molecule has 0 bridgehead atoms. The molecule has 0 aliphatic carbocycles. The van der Waals surface area contributed by atoms with Crippen LogP contribution in [0.25, 0.3) is 16.9 Å². The fourth-order valence-electron chi connectivity index (χ4n) is 3.05. The van der Waals surface area contributed by atoms with Gasteiger partial charge in [0.25, 0.3) is 0 Å². The Balaban J connectivity index is 1.25. The molecule has 142 valence electrons. The lowest BCUT2D eigenvalue weighted by Gasteiger charge is -2.11. The summed E-state index contributed by atoms with van der Waals surface area (Å²) >= 11 is 0. The maximum absolute atomic E-state index is 12.1. The molecule has 0 spiro atoms. The Morgan fingerprint density at radius 3 is 2.82 bits per heavy atom. The number of benzene rings is 1. The Labute approximate surface area is 162 Å². The zero-order valence-corrected chi connectivity index (χ0v) is 15.3. The minimum absolute atomic E-state index is 0.203. The molecule has 8 nitrogen and oxygen atoms in total. The molecule has 0 atom stereocenters. The number of fused-ring (bicyclic) bond motifs is 1. The second kappa shape index (κ2) is 8.34. The molecule has 0 unspecified atom stereocenters. The van der Waals surface area contributed by atoms with Crippen LogP contribution in [0.4, 0.5) is 4.79 Å². The van der Waals surface area contributed by atoms with Gasteiger partial charge in [0.05, 0.1) is 17.4 Å². The molecule has 3 aromatic heterocycles. The van der Waals surface area contributed by atoms with Gasteiger partial charge in [-0.3, -0.25) is 0 Å². The van der Waals surface area contributed by atoms with E-state index in [1.807, 2.05) is 55.0 Å². The predicted molar refractivity (Wildman–Crippen MR) is 106 cm³/mol. The number of imidazole rings is 1. The van der Waals surface area contributed by atoms with Crippen molar-refractivity contribution in [2.24, 2.45) is 0 Å². The number of rotatable bonds is 7. The highest BCUT2D eigenvalue weighted by atomic mass is 16.2. The number of urea groups is 1. The maximum Gasteiger partial charge on any atom is 0.315 e. The third-order valence-electron chi connectivity index (χ3n) is 4.42. The molecule has 1 aromatic carbocycles. The molecular formula is C20H21N7O. The molecule has 0 aliphatic rings. The van der Waals surface area contributed by atoms with E-state index in [1.54, 1.807) is 17.1 Å². The Morgan fingerprint density at radius 2 is 1.93 bits per heavy atom. The van der Waals surface area contributed by atoms with Crippen LogP contribution in [0.1, 0.15) is 12.0 Å². The van der Waals surface area contributed by atoms with Crippen molar-refractivity contribution in [1.82, 2.24) is 34.9 Å². The van der Waals surface area contributed by atoms with Gasteiger partial charge >= 0.3 is 6.03 Å². The third-order valence-corrected chi connectivity index (χ3v) is 4.42. The largest absolute Gasteiger partial charge is 0.338 e. The number of amides is 2. The highest BCUT2D eigenvalue weighted by Gasteiger charge is 2.08. The second-order valence-electron chi connectivity index (χ2n) is 6.33. The van der Waals surface area contributed by atoms with Gasteiger partial charge in [-0.1, -0.05) is 18.2 Å². The SMILES string of the molecule is O=C(NCCCn1cnc2ccccc21)NCc1cccnc1-n1cccn1. The number of carbonyl (C=O) groups is 1. The summed E-state index contributed by atoms with van der Waals surface area (Å²) in [6, 6.07) is 13.4. The van der Waals surface area contributed by atoms with Crippen LogP contribution >= 0.6 is 0 Å². The molecule has 0 saturated carbocycles. The zero-order valence-electron chi connectivity index (χ0n) is 15.3. The summed E-state index contributed by atoms with van der Waals surface area (Å²) in [6.07, 6.45) is 7.89. The van der Waals surface area contributed by atoms with Crippen molar-refractivity contribution in [1.29, 1.82) is 0 Å². The Morgan fingerprint density at radius 1 is 1.00 bits per heavy atom. The summed E-state index contributed by atoms with van der Waals surface area (Å²) < 4.78 is 3.78. The highest BCUT2D eigenvalue weighted by Crippen LogP contribution is 2.12. The molecule has 2 N–H and O–H groups in total. The lowest BCUT2D eigenvalue weighted by Crippen LogP contribution is -2.36. The first-order chi connectivity index (χ1) is 13.8. The number of aryl methyl sites for hydroxylation is 1. The number of hydrogen-bond acceptors (Lipinski definition) is 4. The predicted octanol–water partition coefficient (Wildman–Crippen LogP) is 2.51. The Hall–Kier alpha value is -3.68. The molecule has 0 fully saturated rings. The van der Waals surface area contributed by atoms with Crippen molar-refractivity contribution in [2.45, 2.75) is 19.5 Å². The fourth-order valence-corrected chi connectivity index (χ4v) is 3.05. The number of aromatic nitrogens is 5. The van der Waals surface area contributed by atoms with E-state index in [-0.39, 0.29) is 6.03 Å². The Kier molecular flexibility index (Phi) is 5.28. The number of nitrogens with one attached hydrogen (secondary N) is 2. The zero-order chi connectivity index (χ0) is 19.2. The second-order valence-corrected chi connectivity index (χ2v) is 6.33. The molecule has 4 aromatic rings. The van der Waals surface area contributed by atoms with Crippen molar-refractivity contribution in [2.75, 3.05) is 6.54 Å². The molecule has 0 saturated heterocycles. The highest BCUT2D eigenvalue weighted by molar-refractivity contribution is 5.75. The van der Waals surface area contributed by atoms with E-state index >= 15 is 0 Å². The van der Waals surface area contributed by atoms with Gasteiger partial charge in [0.1, 0.15) is 0 Å². The van der Waals surface area contributed by atoms with Crippen LogP contribution in [-0.4, -0.2) is 36.9 Å². The molecule has 0 aliphatic heterocycles. The van der Waals surface area contributed by atoms with Crippen LogP contribution in [0.2, 0.25) is 0 Å². The normalized spacial score (nSPS) is 10.9. The summed E-state index contributed by atoms with van der Waals surface area (Å²) in [5.74, 6) is 0.708. The molecule has 0 radical (unpaired) electrons. The lowest BCUT2D eigenvalue weighted by atomic mass is 10.2. The Bertz CT molecular complexity index is 1060. The van der Waals surface area contributed by atoms with E-state index < -0.39 is 0 Å². The van der Waals surface area contributed by atoms with Gasteiger partial charge in [-0.15, -0.1) is 0 Å². The van der Waals surface area contributed by atoms with Crippen molar-refractivity contribution in [3.63, 3.8) is 0 Å². The summed E-state index contributed by atoms with van der Waals surface area (Å²) in [7, 11) is 0. The molecule has 2 amide bonds. The number of carbonyl (C=O) groups excluding carboxylic acids is 1. The van der Waals surface area contributed by atoms with Gasteiger partial charge in [0.2, 0.25) is 0 Å². The van der Waals surface area contributed by atoms with Crippen molar-refractivity contribution in [3.8, 4) is 5.82 Å². The van der Waals surface area contributed by atoms with E-state index in [1.165, 1.54) is 0 Å². The summed E-state index contributed by atoms with van der Waals surface area (Å²) in [5, 5.41) is 9.96. The first kappa shape index (κ1) is 17.7. The monoisotopic (exact) mass is 375 g/mol. The minimum atomic E-state index is -0.203. The van der Waals surface area contributed by atoms with E-state index in [2.05, 4.69) is 30.3 Å². The molecule has 28 heavy (non-hydrogen) atoms. The average molecular weight is 375 g/mol. The summed E-state index contributed by atoms with van der Waals surface area (Å²) in [6.45, 7) is 1.76. The minimum Gasteiger partial charge on any atom is -0.338 e. The summed E-state index contributed by atoms with van der Waals surface area (Å²) in [4.78, 5) is 20.8. The van der Waals surface area contributed by atoms with Gasteiger partial charge in [-0.2, -0.15) is 5.10 Å². The smallest absolute Gasteiger partial charge is 0.315 e. The standard InChI is InChI=1S/C20H21N7O/c28-20(22-10-4-12-26-15-24-17-7-1-2-8-18(17)26)23-14-16-6-3-9-21-19(16)27-13-5-11-25-27/h1-3,5-9,11,13,15H,4,10,12,14H2,(H2,22,23,28). The number of pyridine rings is 1. The van der Waals surface area contributed by atoms with E-state index in [4.69, 9.17) is 0 Å². The lowest BCUT2D eigenvalue weighted by molar-refractivity contribution is 0.240. The van der Waals surface area contributed by atoms with Gasteiger partial charge in [0, 0.05) is 43.8 Å². The summed E-state index contributed by atoms with van der Waals surface area (Å²) in [5.41, 5.74) is 2.98. The van der Waals surface area contributed by atoms with E-state index in [0.717, 1.165) is 29.6 Å². The number of hydrogen-bond donors (Lipinski definition) is 2. The topological polar surface area (TPSA) is 89.7 Å². The van der Waals surface area contributed by atoms with Gasteiger partial charge < -0.3 is 15.2 Å². The van der Waals surface area contributed by atoms with Crippen LogP contribution in [0.3, 0.4) is 0 Å². The quantitative estimate of drug-likeness (QED) is 0.486. The van der Waals surface area contributed by atoms with Crippen molar-refractivity contribution >= 4 is 17.1 Å².